The lowest BCUT2D eigenvalue weighted by molar-refractivity contribution is -0.121. The predicted octanol–water partition coefficient (Wildman–Crippen LogP) is 0.981. The van der Waals surface area contributed by atoms with Crippen LogP contribution in [0.15, 0.2) is 23.1 Å². The molecule has 0 saturated carbocycles. The van der Waals surface area contributed by atoms with Crippen LogP contribution < -0.4 is 10.5 Å². The highest BCUT2D eigenvalue weighted by Crippen LogP contribution is 2.20. The van der Waals surface area contributed by atoms with Gasteiger partial charge in [0.05, 0.1) is 17.3 Å². The highest BCUT2D eigenvalue weighted by atomic mass is 32.2. The monoisotopic (exact) mass is 279 g/mol. The minimum atomic E-state index is -4.66. The van der Waals surface area contributed by atoms with Crippen LogP contribution in [0.5, 0.6) is 0 Å². The molecule has 0 amide bonds. The van der Waals surface area contributed by atoms with Crippen molar-refractivity contribution in [2.75, 3.05) is 12.3 Å². The van der Waals surface area contributed by atoms with Gasteiger partial charge >= 0.3 is 6.18 Å². The molecule has 1 rings (SSSR count). The molecule has 0 aliphatic heterocycles. The second kappa shape index (κ2) is 4.83. The molecule has 0 atom stereocenters. The predicted molar refractivity (Wildman–Crippen MR) is 56.8 cm³/mol. The van der Waals surface area contributed by atoms with E-state index >= 15 is 0 Å². The van der Waals surface area contributed by atoms with Gasteiger partial charge in [0.15, 0.2) is 0 Å². The lowest BCUT2D eigenvalue weighted by Crippen LogP contribution is -2.34. The number of hydrogen-bond donors (Lipinski definition) is 2. The average Bonchev–Trinajstić information content (AvgIpc) is 2.25. The summed E-state index contributed by atoms with van der Waals surface area (Å²) in [6.45, 7) is -1.69. The molecule has 9 heteroatoms. The lowest BCUT2D eigenvalue weighted by atomic mass is 10.2. The van der Waals surface area contributed by atoms with Gasteiger partial charge in [-0.25, -0.2) is 13.1 Å². The molecule has 98 valence electrons. The molecule has 1 aromatic rings. The van der Waals surface area contributed by atoms with E-state index in [0.29, 0.717) is 0 Å². The molecule has 0 heterocycles. The van der Waals surface area contributed by atoms with Crippen LogP contribution in [0.1, 0.15) is 5.56 Å². The molecule has 0 aliphatic carbocycles. The van der Waals surface area contributed by atoms with Gasteiger partial charge in [-0.05, 0) is 18.2 Å². The van der Waals surface area contributed by atoms with Gasteiger partial charge in [0.25, 0.3) is 0 Å². The van der Waals surface area contributed by atoms with Gasteiger partial charge in [0.1, 0.15) is 11.4 Å². The smallest absolute Gasteiger partial charge is 0.398 e. The molecule has 0 fully saturated rings. The maximum absolute atomic E-state index is 11.9. The summed E-state index contributed by atoms with van der Waals surface area (Å²) in [7, 11) is -4.35. The van der Waals surface area contributed by atoms with E-state index in [9.17, 15) is 21.6 Å². The van der Waals surface area contributed by atoms with Gasteiger partial charge in [-0.2, -0.15) is 18.4 Å². The van der Waals surface area contributed by atoms with E-state index in [1.807, 2.05) is 0 Å². The number of sulfonamides is 1. The number of hydrogen-bond acceptors (Lipinski definition) is 4. The molecule has 5 nitrogen and oxygen atoms in total. The standard InChI is InChI=1S/C9H8F3N3O2S/c10-9(11,12)5-15-18(16,17)8-2-1-6(4-13)3-7(8)14/h1-3,15H,5,14H2. The van der Waals surface area contributed by atoms with Crippen LogP contribution in [0.25, 0.3) is 0 Å². The van der Waals surface area contributed by atoms with E-state index in [0.717, 1.165) is 18.2 Å². The topological polar surface area (TPSA) is 96.0 Å². The number of nitrogens with two attached hydrogens (primary N) is 1. The van der Waals surface area contributed by atoms with Gasteiger partial charge in [-0.3, -0.25) is 0 Å². The van der Waals surface area contributed by atoms with Crippen molar-refractivity contribution in [3.05, 3.63) is 23.8 Å². The molecule has 0 bridgehead atoms. The molecule has 0 spiro atoms. The molecule has 18 heavy (non-hydrogen) atoms. The summed E-state index contributed by atoms with van der Waals surface area (Å²) in [4.78, 5) is -0.495. The van der Waals surface area contributed by atoms with Crippen LogP contribution in [-0.2, 0) is 10.0 Å². The molecule has 0 radical (unpaired) electrons. The van der Waals surface area contributed by atoms with Gasteiger partial charge < -0.3 is 5.73 Å². The highest BCUT2D eigenvalue weighted by Gasteiger charge is 2.30. The summed E-state index contributed by atoms with van der Waals surface area (Å²) in [5.41, 5.74) is 5.20. The van der Waals surface area contributed by atoms with Crippen LogP contribution in [0.2, 0.25) is 0 Å². The third-order valence-corrected chi connectivity index (χ3v) is 3.37. The van der Waals surface area contributed by atoms with Gasteiger partial charge in [-0.1, -0.05) is 0 Å². The SMILES string of the molecule is N#Cc1ccc(S(=O)(=O)NCC(F)(F)F)c(N)c1. The van der Waals surface area contributed by atoms with Crippen LogP contribution in [0.4, 0.5) is 18.9 Å². The first-order valence-corrected chi connectivity index (χ1v) is 6.00. The van der Waals surface area contributed by atoms with Crippen LogP contribution in [0.3, 0.4) is 0 Å². The Balaban J connectivity index is 3.03. The first-order valence-electron chi connectivity index (χ1n) is 4.52. The zero-order valence-corrected chi connectivity index (χ0v) is 9.64. The van der Waals surface area contributed by atoms with Crippen LogP contribution >= 0.6 is 0 Å². The highest BCUT2D eigenvalue weighted by molar-refractivity contribution is 7.89. The summed E-state index contributed by atoms with van der Waals surface area (Å²) >= 11 is 0. The molecule has 0 saturated heterocycles. The number of halogens is 3. The third kappa shape index (κ3) is 3.61. The minimum Gasteiger partial charge on any atom is -0.398 e. The Bertz CT molecular complexity index is 590. The first kappa shape index (κ1) is 14.3. The normalized spacial score (nSPS) is 12.1. The number of benzene rings is 1. The lowest BCUT2D eigenvalue weighted by Gasteiger charge is -2.10. The summed E-state index contributed by atoms with van der Waals surface area (Å²) in [6.07, 6.45) is -4.66. The van der Waals surface area contributed by atoms with E-state index in [4.69, 9.17) is 11.0 Å². The van der Waals surface area contributed by atoms with Gasteiger partial charge in [0.2, 0.25) is 10.0 Å². The van der Waals surface area contributed by atoms with Crippen molar-refractivity contribution in [1.82, 2.24) is 4.72 Å². The second-order valence-corrected chi connectivity index (χ2v) is 5.04. The van der Waals surface area contributed by atoms with E-state index < -0.39 is 27.6 Å². The minimum absolute atomic E-state index is 0.113. The Labute approximate surface area is 101 Å². The van der Waals surface area contributed by atoms with Crippen molar-refractivity contribution >= 4 is 15.7 Å². The van der Waals surface area contributed by atoms with Gasteiger partial charge in [0, 0.05) is 0 Å². The largest absolute Gasteiger partial charge is 0.402 e. The van der Waals surface area contributed by atoms with Crippen molar-refractivity contribution in [3.8, 4) is 6.07 Å². The third-order valence-electron chi connectivity index (χ3n) is 1.89. The summed E-state index contributed by atoms with van der Waals surface area (Å²) in [5, 5.41) is 8.55. The number of nitrogens with one attached hydrogen (secondary N) is 1. The molecule has 1 aromatic carbocycles. The molecule has 3 N–H and O–H groups in total. The number of alkyl halides is 3. The van der Waals surface area contributed by atoms with Crippen LogP contribution in [0, 0.1) is 11.3 Å². The van der Waals surface area contributed by atoms with E-state index in [1.54, 1.807) is 6.07 Å². The molecular formula is C9H8F3N3O2S. The molecule has 0 aromatic heterocycles. The van der Waals surface area contributed by atoms with E-state index in [2.05, 4.69) is 0 Å². The fraction of sp³-hybridized carbons (Fsp3) is 0.222. The Morgan fingerprint density at radius 2 is 2.00 bits per heavy atom. The number of anilines is 1. The number of nitrogen functional groups attached to an aromatic ring is 1. The van der Waals surface area contributed by atoms with Crippen molar-refractivity contribution < 1.29 is 21.6 Å². The fourth-order valence-corrected chi connectivity index (χ4v) is 2.24. The number of rotatable bonds is 3. The van der Waals surface area contributed by atoms with E-state index in [-0.39, 0.29) is 11.3 Å². The molecular weight excluding hydrogens is 271 g/mol. The summed E-state index contributed by atoms with van der Waals surface area (Å²) in [6, 6.07) is 4.93. The number of nitrogens with zero attached hydrogens (tertiary/aromatic N) is 1. The zero-order valence-electron chi connectivity index (χ0n) is 8.82. The maximum Gasteiger partial charge on any atom is 0.402 e. The summed E-state index contributed by atoms with van der Waals surface area (Å²) in [5.74, 6) is 0. The second-order valence-electron chi connectivity index (χ2n) is 3.30. The zero-order chi connectivity index (χ0) is 14.0. The van der Waals surface area contributed by atoms with Gasteiger partial charge in [-0.15, -0.1) is 0 Å². The van der Waals surface area contributed by atoms with Crippen molar-refractivity contribution in [1.29, 1.82) is 5.26 Å². The molecule has 0 unspecified atom stereocenters. The Kier molecular flexibility index (Phi) is 3.83. The fourth-order valence-electron chi connectivity index (χ4n) is 1.12. The summed E-state index contributed by atoms with van der Waals surface area (Å²) < 4.78 is 60.2. The van der Waals surface area contributed by atoms with E-state index in [1.165, 1.54) is 4.72 Å². The van der Waals surface area contributed by atoms with Crippen molar-refractivity contribution in [3.63, 3.8) is 0 Å². The molecule has 0 aliphatic rings. The number of nitriles is 1. The average molecular weight is 279 g/mol. The van der Waals surface area contributed by atoms with Crippen LogP contribution in [-0.4, -0.2) is 21.1 Å². The Morgan fingerprint density at radius 3 is 2.44 bits per heavy atom. The first-order chi connectivity index (χ1) is 8.15. The van der Waals surface area contributed by atoms with Crippen molar-refractivity contribution in [2.24, 2.45) is 0 Å². The Hall–Kier alpha value is -1.79. The van der Waals surface area contributed by atoms with Crippen molar-refractivity contribution in [2.45, 2.75) is 11.1 Å². The Morgan fingerprint density at radius 1 is 1.39 bits per heavy atom. The maximum atomic E-state index is 11.9. The quantitative estimate of drug-likeness (QED) is 0.806.